The van der Waals surface area contributed by atoms with E-state index in [1.165, 1.54) is 0 Å². The fourth-order valence-electron chi connectivity index (χ4n) is 3.82. The first-order chi connectivity index (χ1) is 12.1. The molecule has 0 bridgehead atoms. The van der Waals surface area contributed by atoms with Gasteiger partial charge in [-0.15, -0.1) is 0 Å². The lowest BCUT2D eigenvalue weighted by molar-refractivity contribution is -0.383. The maximum atomic E-state index is 12.0. The third-order valence-electron chi connectivity index (χ3n) is 4.99. The Kier molecular flexibility index (Phi) is 3.87. The highest BCUT2D eigenvalue weighted by Gasteiger charge is 2.32. The van der Waals surface area contributed by atoms with Crippen molar-refractivity contribution in [3.05, 3.63) is 40.6 Å². The Labute approximate surface area is 144 Å². The van der Waals surface area contributed by atoms with Gasteiger partial charge in [0, 0.05) is 38.4 Å². The van der Waals surface area contributed by atoms with Gasteiger partial charge >= 0.3 is 6.03 Å². The molecule has 1 aromatic heterocycles. The zero-order chi connectivity index (χ0) is 17.4. The van der Waals surface area contributed by atoms with E-state index in [0.717, 1.165) is 38.2 Å². The Morgan fingerprint density at radius 3 is 2.92 bits per heavy atom. The molecule has 8 nitrogen and oxygen atoms in total. The van der Waals surface area contributed by atoms with Gasteiger partial charge in [-0.3, -0.25) is 15.1 Å². The van der Waals surface area contributed by atoms with Crippen molar-refractivity contribution in [3.63, 3.8) is 0 Å². The summed E-state index contributed by atoms with van der Waals surface area (Å²) < 4.78 is 0. The van der Waals surface area contributed by atoms with Gasteiger partial charge in [-0.25, -0.2) is 4.79 Å². The molecule has 8 heteroatoms. The first-order valence-electron chi connectivity index (χ1n) is 8.46. The number of carbonyl (C=O) groups excluding carboxylic acids is 1. The van der Waals surface area contributed by atoms with E-state index < -0.39 is 0 Å². The summed E-state index contributed by atoms with van der Waals surface area (Å²) >= 11 is 0. The van der Waals surface area contributed by atoms with Crippen LogP contribution in [-0.4, -0.2) is 53.1 Å². The van der Waals surface area contributed by atoms with Gasteiger partial charge in [-0.1, -0.05) is 0 Å². The van der Waals surface area contributed by atoms with E-state index >= 15 is 0 Å². The summed E-state index contributed by atoms with van der Waals surface area (Å²) in [5.41, 5.74) is 1.60. The summed E-state index contributed by atoms with van der Waals surface area (Å²) in [5.74, 6) is 0. The summed E-state index contributed by atoms with van der Waals surface area (Å²) in [6.45, 7) is 3.00. The number of hydrogen-bond donors (Lipinski definition) is 1. The fourth-order valence-corrected chi connectivity index (χ4v) is 3.82. The van der Waals surface area contributed by atoms with Crippen LogP contribution < -0.4 is 10.2 Å². The number of carbonyl (C=O) groups is 1. The number of benzene rings is 1. The molecule has 3 heterocycles. The number of nitrogens with zero attached hydrogens (tertiary/aromatic N) is 4. The average molecular weight is 341 g/mol. The fraction of sp³-hybridized carbons (Fsp3) is 0.412. The van der Waals surface area contributed by atoms with Gasteiger partial charge in [-0.05, 0) is 31.0 Å². The molecule has 25 heavy (non-hydrogen) atoms. The predicted octanol–water partition coefficient (Wildman–Crippen LogP) is 2.14. The minimum Gasteiger partial charge on any atom is -0.368 e. The van der Waals surface area contributed by atoms with Crippen molar-refractivity contribution in [1.29, 1.82) is 0 Å². The van der Waals surface area contributed by atoms with Crippen molar-refractivity contribution in [2.45, 2.75) is 18.9 Å². The molecule has 1 N–H and O–H groups in total. The highest BCUT2D eigenvalue weighted by molar-refractivity contribution is 5.97. The van der Waals surface area contributed by atoms with Crippen LogP contribution in [-0.2, 0) is 0 Å². The lowest BCUT2D eigenvalue weighted by atomic mass is 10.0. The SMILES string of the molecule is O=C1NCCN1C1CCCN(c2ccc([N+](=O)[O-])c3cccnc23)C1. The smallest absolute Gasteiger partial charge is 0.317 e. The van der Waals surface area contributed by atoms with E-state index in [4.69, 9.17) is 0 Å². The summed E-state index contributed by atoms with van der Waals surface area (Å²) in [5, 5.41) is 14.7. The standard InChI is InChI=1S/C17H19N5O3/c23-17-19-8-10-21(17)12-3-2-9-20(11-12)15-6-5-14(22(24)25)13-4-1-7-18-16(13)15/h1,4-7,12H,2-3,8-11H2,(H,19,23). The third-order valence-corrected chi connectivity index (χ3v) is 4.99. The summed E-state index contributed by atoms with van der Waals surface area (Å²) in [6, 6.07) is 6.93. The normalized spacial score (nSPS) is 20.8. The topological polar surface area (TPSA) is 91.6 Å². The lowest BCUT2D eigenvalue weighted by Crippen LogP contribution is -2.49. The maximum Gasteiger partial charge on any atom is 0.317 e. The number of nitrogens with one attached hydrogen (secondary N) is 1. The summed E-state index contributed by atoms with van der Waals surface area (Å²) in [4.78, 5) is 31.3. The van der Waals surface area contributed by atoms with Crippen molar-refractivity contribution in [2.75, 3.05) is 31.1 Å². The van der Waals surface area contributed by atoms with E-state index in [1.807, 2.05) is 4.90 Å². The number of urea groups is 1. The van der Waals surface area contributed by atoms with Gasteiger partial charge in [0.05, 0.1) is 22.0 Å². The molecule has 4 rings (SSSR count). The molecule has 2 aromatic rings. The number of anilines is 1. The number of non-ortho nitro benzene ring substituents is 1. The second kappa shape index (κ2) is 6.19. The molecule has 2 saturated heterocycles. The number of nitro benzene ring substituents is 1. The molecule has 130 valence electrons. The van der Waals surface area contributed by atoms with Crippen LogP contribution in [0.1, 0.15) is 12.8 Å². The molecule has 2 aliphatic heterocycles. The van der Waals surface area contributed by atoms with Crippen molar-refractivity contribution in [1.82, 2.24) is 15.2 Å². The second-order valence-electron chi connectivity index (χ2n) is 6.43. The largest absolute Gasteiger partial charge is 0.368 e. The quantitative estimate of drug-likeness (QED) is 0.682. The number of fused-ring (bicyclic) bond motifs is 1. The van der Waals surface area contributed by atoms with Gasteiger partial charge in [0.1, 0.15) is 5.52 Å². The molecular formula is C17H19N5O3. The summed E-state index contributed by atoms with van der Waals surface area (Å²) in [7, 11) is 0. The Morgan fingerprint density at radius 2 is 2.16 bits per heavy atom. The molecule has 1 aromatic carbocycles. The van der Waals surface area contributed by atoms with Gasteiger partial charge in [0.2, 0.25) is 0 Å². The minimum absolute atomic E-state index is 0.00136. The first kappa shape index (κ1) is 15.6. The molecular weight excluding hydrogens is 322 g/mol. The molecule has 0 saturated carbocycles. The molecule has 1 atom stereocenters. The van der Waals surface area contributed by atoms with Gasteiger partial charge in [0.15, 0.2) is 0 Å². The van der Waals surface area contributed by atoms with Gasteiger partial charge in [0.25, 0.3) is 5.69 Å². The maximum absolute atomic E-state index is 12.0. The zero-order valence-corrected chi connectivity index (χ0v) is 13.7. The first-order valence-corrected chi connectivity index (χ1v) is 8.46. The third kappa shape index (κ3) is 2.73. The molecule has 2 aliphatic rings. The number of aromatic nitrogens is 1. The molecule has 1 unspecified atom stereocenters. The van der Waals surface area contributed by atoms with Gasteiger partial charge in [-0.2, -0.15) is 0 Å². The Balaban J connectivity index is 1.68. The highest BCUT2D eigenvalue weighted by atomic mass is 16.6. The molecule has 0 radical (unpaired) electrons. The van der Waals surface area contributed by atoms with Crippen molar-refractivity contribution >= 4 is 28.3 Å². The highest BCUT2D eigenvalue weighted by Crippen LogP contribution is 2.33. The van der Waals surface area contributed by atoms with Crippen LogP contribution in [0.15, 0.2) is 30.5 Å². The average Bonchev–Trinajstić information content (AvgIpc) is 3.06. The number of pyridine rings is 1. The number of nitro groups is 1. The van der Waals surface area contributed by atoms with Gasteiger partial charge < -0.3 is 15.1 Å². The van der Waals surface area contributed by atoms with Crippen LogP contribution in [0.2, 0.25) is 0 Å². The van der Waals surface area contributed by atoms with Crippen LogP contribution in [0, 0.1) is 10.1 Å². The Morgan fingerprint density at radius 1 is 1.28 bits per heavy atom. The molecule has 2 amide bonds. The monoisotopic (exact) mass is 341 g/mol. The number of hydrogen-bond acceptors (Lipinski definition) is 5. The van der Waals surface area contributed by atoms with E-state index in [2.05, 4.69) is 15.2 Å². The molecule has 0 spiro atoms. The second-order valence-corrected chi connectivity index (χ2v) is 6.43. The Hall–Kier alpha value is -2.90. The predicted molar refractivity (Wildman–Crippen MR) is 93.7 cm³/mol. The Bertz CT molecular complexity index is 840. The van der Waals surface area contributed by atoms with Crippen LogP contribution in [0.4, 0.5) is 16.2 Å². The van der Waals surface area contributed by atoms with Crippen LogP contribution >= 0.6 is 0 Å². The molecule has 0 aliphatic carbocycles. The number of amides is 2. The molecule has 2 fully saturated rings. The summed E-state index contributed by atoms with van der Waals surface area (Å²) in [6.07, 6.45) is 3.60. The van der Waals surface area contributed by atoms with Crippen molar-refractivity contribution in [2.24, 2.45) is 0 Å². The van der Waals surface area contributed by atoms with Crippen molar-refractivity contribution < 1.29 is 9.72 Å². The van der Waals surface area contributed by atoms with Crippen LogP contribution in [0.3, 0.4) is 0 Å². The number of piperidine rings is 1. The lowest BCUT2D eigenvalue weighted by Gasteiger charge is -2.38. The zero-order valence-electron chi connectivity index (χ0n) is 13.7. The van der Waals surface area contributed by atoms with Crippen molar-refractivity contribution in [3.8, 4) is 0 Å². The van der Waals surface area contributed by atoms with E-state index in [-0.39, 0.29) is 22.7 Å². The van der Waals surface area contributed by atoms with Crippen LogP contribution in [0.25, 0.3) is 10.9 Å². The van der Waals surface area contributed by atoms with E-state index in [9.17, 15) is 14.9 Å². The van der Waals surface area contributed by atoms with Crippen LogP contribution in [0.5, 0.6) is 0 Å². The van der Waals surface area contributed by atoms with E-state index in [0.29, 0.717) is 17.4 Å². The minimum atomic E-state index is -0.374. The number of rotatable bonds is 3. The van der Waals surface area contributed by atoms with E-state index in [1.54, 1.807) is 30.5 Å².